The van der Waals surface area contributed by atoms with E-state index in [9.17, 15) is 4.39 Å². The molecule has 0 unspecified atom stereocenters. The molecule has 0 aliphatic carbocycles. The zero-order valence-electron chi connectivity index (χ0n) is 9.97. The van der Waals surface area contributed by atoms with E-state index in [-0.39, 0.29) is 5.82 Å². The summed E-state index contributed by atoms with van der Waals surface area (Å²) in [7, 11) is 0. The Hall–Kier alpha value is -2.69. The number of benzene rings is 2. The maximum atomic E-state index is 13.6. The van der Waals surface area contributed by atoms with E-state index in [1.54, 1.807) is 18.2 Å². The van der Waals surface area contributed by atoms with Crippen molar-refractivity contribution in [1.82, 2.24) is 10.9 Å². The first-order valence-corrected chi connectivity index (χ1v) is 5.82. The highest BCUT2D eigenvalue weighted by atomic mass is 19.1. The number of amidine groups is 2. The minimum absolute atomic E-state index is 0.339. The van der Waals surface area contributed by atoms with Crippen LogP contribution < -0.4 is 10.9 Å². The number of hydrazone groups is 2. The zero-order valence-corrected chi connectivity index (χ0v) is 9.97. The summed E-state index contributed by atoms with van der Waals surface area (Å²) in [6.07, 6.45) is 0. The second kappa shape index (κ2) is 4.89. The van der Waals surface area contributed by atoms with E-state index in [2.05, 4.69) is 21.1 Å². The monoisotopic (exact) mass is 254 g/mol. The Morgan fingerprint density at radius 1 is 0.737 bits per heavy atom. The second-order valence-corrected chi connectivity index (χ2v) is 3.99. The van der Waals surface area contributed by atoms with Crippen LogP contribution in [0.3, 0.4) is 0 Å². The Balaban J connectivity index is 1.82. The molecule has 1 heterocycles. The van der Waals surface area contributed by atoms with Gasteiger partial charge >= 0.3 is 0 Å². The van der Waals surface area contributed by atoms with E-state index in [1.165, 1.54) is 6.07 Å². The molecule has 0 saturated heterocycles. The molecule has 2 N–H and O–H groups in total. The van der Waals surface area contributed by atoms with Crippen LogP contribution in [-0.4, -0.2) is 11.7 Å². The van der Waals surface area contributed by atoms with Crippen molar-refractivity contribution in [3.8, 4) is 0 Å². The summed E-state index contributed by atoms with van der Waals surface area (Å²) >= 11 is 0. The van der Waals surface area contributed by atoms with E-state index >= 15 is 0 Å². The molecular formula is C14H11FN4. The van der Waals surface area contributed by atoms with Crippen LogP contribution in [0.1, 0.15) is 11.1 Å². The average Bonchev–Trinajstić information content (AvgIpc) is 2.49. The molecule has 0 atom stereocenters. The molecule has 0 aromatic heterocycles. The molecule has 94 valence electrons. The van der Waals surface area contributed by atoms with Gasteiger partial charge in [0.1, 0.15) is 5.82 Å². The van der Waals surface area contributed by atoms with Gasteiger partial charge in [0.2, 0.25) is 0 Å². The van der Waals surface area contributed by atoms with Gasteiger partial charge in [-0.1, -0.05) is 42.5 Å². The summed E-state index contributed by atoms with van der Waals surface area (Å²) in [5.41, 5.74) is 6.87. The number of rotatable bonds is 2. The molecule has 2 aromatic rings. The first-order valence-electron chi connectivity index (χ1n) is 5.82. The van der Waals surface area contributed by atoms with E-state index in [4.69, 9.17) is 0 Å². The predicted octanol–water partition coefficient (Wildman–Crippen LogP) is 2.04. The SMILES string of the molecule is Fc1ccccc1C1=NNC(c2ccccc2)=NN1. The lowest BCUT2D eigenvalue weighted by Gasteiger charge is -2.15. The second-order valence-electron chi connectivity index (χ2n) is 3.99. The third kappa shape index (κ3) is 2.30. The maximum absolute atomic E-state index is 13.6. The molecule has 0 radical (unpaired) electrons. The summed E-state index contributed by atoms with van der Waals surface area (Å²) in [5.74, 6) is 0.618. The smallest absolute Gasteiger partial charge is 0.176 e. The fraction of sp³-hybridized carbons (Fsp3) is 0. The van der Waals surface area contributed by atoms with Gasteiger partial charge in [0, 0.05) is 5.56 Å². The predicted molar refractivity (Wildman–Crippen MR) is 72.2 cm³/mol. The van der Waals surface area contributed by atoms with Gasteiger partial charge < -0.3 is 0 Å². The lowest BCUT2D eigenvalue weighted by molar-refractivity contribution is 0.623. The van der Waals surface area contributed by atoms with Crippen molar-refractivity contribution >= 4 is 11.7 Å². The quantitative estimate of drug-likeness (QED) is 0.861. The molecule has 0 fully saturated rings. The molecular weight excluding hydrogens is 243 g/mol. The van der Waals surface area contributed by atoms with Gasteiger partial charge in [0.05, 0.1) is 5.56 Å². The topological polar surface area (TPSA) is 48.8 Å². The van der Waals surface area contributed by atoms with Crippen LogP contribution in [-0.2, 0) is 0 Å². The van der Waals surface area contributed by atoms with Gasteiger partial charge in [-0.05, 0) is 12.1 Å². The summed E-state index contributed by atoms with van der Waals surface area (Å²) in [4.78, 5) is 0. The third-order valence-corrected chi connectivity index (χ3v) is 2.72. The average molecular weight is 254 g/mol. The summed E-state index contributed by atoms with van der Waals surface area (Å²) in [6, 6.07) is 16.0. The highest BCUT2D eigenvalue weighted by Gasteiger charge is 2.13. The number of hydrogen-bond acceptors (Lipinski definition) is 4. The van der Waals surface area contributed by atoms with Crippen LogP contribution in [0.25, 0.3) is 0 Å². The first kappa shape index (κ1) is 11.4. The Bertz CT molecular complexity index is 650. The molecule has 0 bridgehead atoms. The Labute approximate surface area is 109 Å². The molecule has 19 heavy (non-hydrogen) atoms. The highest BCUT2D eigenvalue weighted by Crippen LogP contribution is 2.08. The first-order chi connectivity index (χ1) is 9.34. The number of nitrogens with zero attached hydrogens (tertiary/aromatic N) is 2. The van der Waals surface area contributed by atoms with Crippen LogP contribution >= 0.6 is 0 Å². The van der Waals surface area contributed by atoms with E-state index in [0.717, 1.165) is 5.56 Å². The fourth-order valence-electron chi connectivity index (χ4n) is 1.77. The minimum Gasteiger partial charge on any atom is -0.257 e. The van der Waals surface area contributed by atoms with Crippen molar-refractivity contribution in [2.24, 2.45) is 10.2 Å². The molecule has 2 aromatic carbocycles. The van der Waals surface area contributed by atoms with Gasteiger partial charge in [-0.25, -0.2) is 4.39 Å². The van der Waals surface area contributed by atoms with E-state index in [1.807, 2.05) is 30.3 Å². The highest BCUT2D eigenvalue weighted by molar-refractivity contribution is 6.05. The van der Waals surface area contributed by atoms with Gasteiger partial charge in [-0.15, -0.1) is 0 Å². The van der Waals surface area contributed by atoms with Crippen molar-refractivity contribution in [3.05, 3.63) is 71.5 Å². The Morgan fingerprint density at radius 3 is 2.05 bits per heavy atom. The van der Waals surface area contributed by atoms with Crippen LogP contribution in [0.5, 0.6) is 0 Å². The molecule has 0 saturated carbocycles. The normalized spacial score (nSPS) is 13.9. The Kier molecular flexibility index (Phi) is 2.94. The molecule has 1 aliphatic heterocycles. The molecule has 3 rings (SSSR count). The van der Waals surface area contributed by atoms with Crippen LogP contribution in [0.2, 0.25) is 0 Å². The van der Waals surface area contributed by atoms with Crippen molar-refractivity contribution in [1.29, 1.82) is 0 Å². The van der Waals surface area contributed by atoms with Crippen LogP contribution in [0.15, 0.2) is 64.8 Å². The molecule has 5 heteroatoms. The van der Waals surface area contributed by atoms with Crippen molar-refractivity contribution < 1.29 is 4.39 Å². The van der Waals surface area contributed by atoms with Crippen molar-refractivity contribution in [2.75, 3.05) is 0 Å². The lowest BCUT2D eigenvalue weighted by atomic mass is 10.2. The molecule has 0 amide bonds. The van der Waals surface area contributed by atoms with Crippen LogP contribution in [0, 0.1) is 5.82 Å². The van der Waals surface area contributed by atoms with Crippen molar-refractivity contribution in [3.63, 3.8) is 0 Å². The molecule has 4 nitrogen and oxygen atoms in total. The minimum atomic E-state index is -0.339. The Morgan fingerprint density at radius 2 is 1.37 bits per heavy atom. The van der Waals surface area contributed by atoms with Crippen molar-refractivity contribution in [2.45, 2.75) is 0 Å². The maximum Gasteiger partial charge on any atom is 0.176 e. The van der Waals surface area contributed by atoms with Gasteiger partial charge in [0.15, 0.2) is 11.7 Å². The number of nitrogens with one attached hydrogen (secondary N) is 2. The summed E-state index contributed by atoms with van der Waals surface area (Å²) in [5, 5.41) is 8.26. The molecule has 1 aliphatic rings. The lowest BCUT2D eigenvalue weighted by Crippen LogP contribution is -2.34. The number of hydrogen-bond donors (Lipinski definition) is 2. The fourth-order valence-corrected chi connectivity index (χ4v) is 1.77. The van der Waals surface area contributed by atoms with E-state index < -0.39 is 0 Å². The number of halogens is 1. The third-order valence-electron chi connectivity index (χ3n) is 2.72. The van der Waals surface area contributed by atoms with E-state index in [0.29, 0.717) is 17.2 Å². The largest absolute Gasteiger partial charge is 0.257 e. The van der Waals surface area contributed by atoms with Gasteiger partial charge in [-0.2, -0.15) is 10.2 Å². The summed E-state index contributed by atoms with van der Waals surface area (Å²) in [6.45, 7) is 0. The van der Waals surface area contributed by atoms with Gasteiger partial charge in [-0.3, -0.25) is 10.9 Å². The van der Waals surface area contributed by atoms with Crippen LogP contribution in [0.4, 0.5) is 4.39 Å². The summed E-state index contributed by atoms with van der Waals surface area (Å²) < 4.78 is 13.6. The zero-order chi connectivity index (χ0) is 13.1. The standard InChI is InChI=1S/C14H11FN4/c15-12-9-5-4-8-11(12)14-18-16-13(17-19-14)10-6-2-1-3-7-10/h1-9H,(H,16,17)(H,18,19). The molecule has 0 spiro atoms. The van der Waals surface area contributed by atoms with Gasteiger partial charge in [0.25, 0.3) is 0 Å².